The van der Waals surface area contributed by atoms with Crippen molar-refractivity contribution < 1.29 is 42.9 Å². The molecule has 1 aliphatic heterocycles. The molecule has 1 amide bonds. The fourth-order valence-corrected chi connectivity index (χ4v) is 3.95. The van der Waals surface area contributed by atoms with E-state index in [1.165, 1.54) is 12.1 Å². The third-order valence-electron chi connectivity index (χ3n) is 4.28. The van der Waals surface area contributed by atoms with Crippen molar-refractivity contribution in [3.63, 3.8) is 0 Å². The summed E-state index contributed by atoms with van der Waals surface area (Å²) >= 11 is 0.883. The van der Waals surface area contributed by atoms with Gasteiger partial charge in [-0.05, 0) is 44.5 Å². The normalized spacial score (nSPS) is 11.6. The number of amides is 1. The van der Waals surface area contributed by atoms with E-state index < -0.39 is 30.4 Å². The predicted molar refractivity (Wildman–Crippen MR) is 112 cm³/mol. The molecule has 0 bridgehead atoms. The van der Waals surface area contributed by atoms with Crippen molar-refractivity contribution in [3.05, 3.63) is 39.8 Å². The number of fused-ring (bicyclic) bond motifs is 1. The summed E-state index contributed by atoms with van der Waals surface area (Å²) in [5.74, 6) is -1.82. The molecule has 0 unspecified atom stereocenters. The standard InChI is InChI=1S/C21H21NO9S/c1-4-27-20(25)16-11(3)17(21(26)28-5-2)32-18(16)22-15(23)9-29-19(24)12-6-7-13-14(8-12)31-10-30-13/h6-8H,4-5,9-10H2,1-3H3,(H,22,23). The zero-order valence-corrected chi connectivity index (χ0v) is 18.5. The molecule has 0 spiro atoms. The molecule has 0 fully saturated rings. The number of thiophene rings is 1. The highest BCUT2D eigenvalue weighted by atomic mass is 32.1. The summed E-state index contributed by atoms with van der Waals surface area (Å²) in [6, 6.07) is 4.51. The first kappa shape index (κ1) is 23.1. The van der Waals surface area contributed by atoms with Gasteiger partial charge in [0.05, 0.1) is 24.3 Å². The van der Waals surface area contributed by atoms with Gasteiger partial charge in [-0.2, -0.15) is 0 Å². The second-order valence-corrected chi connectivity index (χ2v) is 7.41. The van der Waals surface area contributed by atoms with E-state index >= 15 is 0 Å². The van der Waals surface area contributed by atoms with E-state index in [-0.39, 0.29) is 41.0 Å². The lowest BCUT2D eigenvalue weighted by atomic mass is 10.1. The smallest absolute Gasteiger partial charge is 0.348 e. The number of hydrogen-bond acceptors (Lipinski definition) is 10. The maximum Gasteiger partial charge on any atom is 0.348 e. The Morgan fingerprint density at radius 3 is 2.38 bits per heavy atom. The number of hydrogen-bond donors (Lipinski definition) is 1. The molecule has 1 aromatic carbocycles. The summed E-state index contributed by atoms with van der Waals surface area (Å²) < 4.78 is 25.5. The lowest BCUT2D eigenvalue weighted by molar-refractivity contribution is -0.119. The molecular weight excluding hydrogens is 442 g/mol. The molecule has 3 rings (SSSR count). The van der Waals surface area contributed by atoms with Gasteiger partial charge in [0, 0.05) is 0 Å². The van der Waals surface area contributed by atoms with E-state index in [0.29, 0.717) is 17.1 Å². The Hall–Kier alpha value is -3.60. The van der Waals surface area contributed by atoms with Crippen LogP contribution in [0.25, 0.3) is 0 Å². The number of esters is 3. The van der Waals surface area contributed by atoms with Gasteiger partial charge in [0.2, 0.25) is 6.79 Å². The van der Waals surface area contributed by atoms with Crippen molar-refractivity contribution in [2.24, 2.45) is 0 Å². The fraction of sp³-hybridized carbons (Fsp3) is 0.333. The fourth-order valence-electron chi connectivity index (χ4n) is 2.84. The van der Waals surface area contributed by atoms with Gasteiger partial charge in [0.15, 0.2) is 18.1 Å². The molecule has 1 N–H and O–H groups in total. The Kier molecular flexibility index (Phi) is 7.31. The summed E-state index contributed by atoms with van der Waals surface area (Å²) in [7, 11) is 0. The van der Waals surface area contributed by atoms with Crippen LogP contribution < -0.4 is 14.8 Å². The van der Waals surface area contributed by atoms with Crippen molar-refractivity contribution in [3.8, 4) is 11.5 Å². The molecule has 1 aliphatic rings. The number of carbonyl (C=O) groups is 4. The maximum atomic E-state index is 12.4. The van der Waals surface area contributed by atoms with Crippen LogP contribution in [-0.2, 0) is 19.0 Å². The van der Waals surface area contributed by atoms with Gasteiger partial charge in [0.1, 0.15) is 9.88 Å². The third-order valence-corrected chi connectivity index (χ3v) is 5.47. The highest BCUT2D eigenvalue weighted by Gasteiger charge is 2.27. The van der Waals surface area contributed by atoms with Crippen molar-refractivity contribution in [1.82, 2.24) is 0 Å². The van der Waals surface area contributed by atoms with Gasteiger partial charge in [-0.25, -0.2) is 14.4 Å². The van der Waals surface area contributed by atoms with Gasteiger partial charge < -0.3 is 29.0 Å². The highest BCUT2D eigenvalue weighted by Crippen LogP contribution is 2.35. The zero-order valence-electron chi connectivity index (χ0n) is 17.6. The second kappa shape index (κ2) is 10.1. The number of carbonyl (C=O) groups excluding carboxylic acids is 4. The highest BCUT2D eigenvalue weighted by molar-refractivity contribution is 7.18. The summed E-state index contributed by atoms with van der Waals surface area (Å²) in [5.41, 5.74) is 0.570. The second-order valence-electron chi connectivity index (χ2n) is 6.39. The first-order chi connectivity index (χ1) is 15.3. The predicted octanol–water partition coefficient (Wildman–Crippen LogP) is 2.93. The Morgan fingerprint density at radius 2 is 1.66 bits per heavy atom. The van der Waals surface area contributed by atoms with Gasteiger partial charge in [0.25, 0.3) is 5.91 Å². The van der Waals surface area contributed by atoms with E-state index in [4.69, 9.17) is 23.7 Å². The minimum absolute atomic E-state index is 0.0513. The van der Waals surface area contributed by atoms with Crippen LogP contribution in [0.3, 0.4) is 0 Å². The summed E-state index contributed by atoms with van der Waals surface area (Å²) in [6.07, 6.45) is 0. The van der Waals surface area contributed by atoms with E-state index in [1.807, 2.05) is 0 Å². The molecule has 1 aromatic heterocycles. The van der Waals surface area contributed by atoms with Gasteiger partial charge >= 0.3 is 17.9 Å². The van der Waals surface area contributed by atoms with Crippen molar-refractivity contribution in [1.29, 1.82) is 0 Å². The number of nitrogens with one attached hydrogen (secondary N) is 1. The molecule has 0 radical (unpaired) electrons. The van der Waals surface area contributed by atoms with E-state index in [0.717, 1.165) is 11.3 Å². The van der Waals surface area contributed by atoms with E-state index in [9.17, 15) is 19.2 Å². The van der Waals surface area contributed by atoms with Gasteiger partial charge in [-0.1, -0.05) is 0 Å². The zero-order chi connectivity index (χ0) is 23.3. The lowest BCUT2D eigenvalue weighted by Gasteiger charge is -2.08. The Bertz CT molecular complexity index is 1060. The van der Waals surface area contributed by atoms with Crippen LogP contribution in [0.1, 0.15) is 49.8 Å². The molecule has 32 heavy (non-hydrogen) atoms. The molecule has 0 saturated carbocycles. The van der Waals surface area contributed by atoms with Crippen LogP contribution in [0.5, 0.6) is 11.5 Å². The SMILES string of the molecule is CCOC(=O)c1sc(NC(=O)COC(=O)c2ccc3c(c2)OCO3)c(C(=O)OCC)c1C. The van der Waals surface area contributed by atoms with Crippen molar-refractivity contribution in [2.45, 2.75) is 20.8 Å². The first-order valence-corrected chi connectivity index (χ1v) is 10.5. The maximum absolute atomic E-state index is 12.4. The summed E-state index contributed by atoms with van der Waals surface area (Å²) in [4.78, 5) is 49.4. The van der Waals surface area contributed by atoms with Gasteiger partial charge in [-0.15, -0.1) is 11.3 Å². The molecule has 0 aliphatic carbocycles. The minimum atomic E-state index is -0.737. The first-order valence-electron chi connectivity index (χ1n) is 9.69. The van der Waals surface area contributed by atoms with Crippen LogP contribution in [-0.4, -0.2) is 50.4 Å². The van der Waals surface area contributed by atoms with Crippen LogP contribution >= 0.6 is 11.3 Å². The average Bonchev–Trinajstić information content (AvgIpc) is 3.36. The number of benzene rings is 1. The molecular formula is C21H21NO9S. The molecule has 11 heteroatoms. The number of ether oxygens (including phenoxy) is 5. The monoisotopic (exact) mass is 463 g/mol. The van der Waals surface area contributed by atoms with Crippen molar-refractivity contribution >= 4 is 40.2 Å². The molecule has 10 nitrogen and oxygen atoms in total. The molecule has 170 valence electrons. The molecule has 2 heterocycles. The van der Waals surface area contributed by atoms with Gasteiger partial charge in [-0.3, -0.25) is 4.79 Å². The molecule has 0 saturated heterocycles. The van der Waals surface area contributed by atoms with Crippen LogP contribution in [0, 0.1) is 6.92 Å². The van der Waals surface area contributed by atoms with Crippen LogP contribution in [0.2, 0.25) is 0 Å². The number of anilines is 1. The topological polar surface area (TPSA) is 126 Å². The van der Waals surface area contributed by atoms with Crippen molar-refractivity contribution in [2.75, 3.05) is 31.9 Å². The summed E-state index contributed by atoms with van der Waals surface area (Å²) in [5, 5.41) is 2.61. The Balaban J connectivity index is 1.70. The quantitative estimate of drug-likeness (QED) is 0.464. The van der Waals surface area contributed by atoms with Crippen LogP contribution in [0.4, 0.5) is 5.00 Å². The van der Waals surface area contributed by atoms with Crippen LogP contribution in [0.15, 0.2) is 18.2 Å². The Morgan fingerprint density at radius 1 is 0.969 bits per heavy atom. The number of rotatable bonds is 8. The molecule has 2 aromatic rings. The Labute approximate surface area is 187 Å². The van der Waals surface area contributed by atoms with E-state index in [1.54, 1.807) is 26.8 Å². The minimum Gasteiger partial charge on any atom is -0.462 e. The largest absolute Gasteiger partial charge is 0.462 e. The average molecular weight is 463 g/mol. The third kappa shape index (κ3) is 4.99. The lowest BCUT2D eigenvalue weighted by Crippen LogP contribution is -2.21. The van der Waals surface area contributed by atoms with E-state index in [2.05, 4.69) is 5.32 Å². The summed E-state index contributed by atoms with van der Waals surface area (Å²) in [6.45, 7) is 4.58. The molecule has 0 atom stereocenters.